The zero-order valence-corrected chi connectivity index (χ0v) is 35.9. The van der Waals surface area contributed by atoms with E-state index in [-0.39, 0.29) is 30.0 Å². The van der Waals surface area contributed by atoms with Gasteiger partial charge in [-0.3, -0.25) is 19.6 Å². The molecule has 324 valence electrons. The van der Waals surface area contributed by atoms with Crippen LogP contribution < -0.4 is 20.1 Å². The van der Waals surface area contributed by atoms with Crippen LogP contribution in [-0.4, -0.2) is 135 Å². The van der Waals surface area contributed by atoms with Crippen molar-refractivity contribution in [3.63, 3.8) is 0 Å². The molecule has 0 radical (unpaired) electrons. The number of fused-ring (bicyclic) bond motifs is 2. The standard InChI is InChI=1S/C41H53ClN8O9S/c1-5-24-19-41(24,37(53)54)47-35(51)28-17-26(20-50(28)36(52)34(40(2,3)4)46-39(55)59-25-15-22-14-23(22)16-25)58-30-18-31(60-38-43-21-44-48-38)45-33-27(30)6-7-29(32(33)42)57-13-10-49-8-11-56-12-9-49/h6-7,18,21-26,28,34H,5,8-17,19-20H2,1-4H3,(H,46,55)(H,47,51)(H,53,54)(H,43,44,48)/t22-,23+,24-,25?,26-,28+,34-,41-/m1/s1. The van der Waals surface area contributed by atoms with Crippen molar-refractivity contribution < 1.29 is 43.2 Å². The number of aromatic nitrogens is 4. The number of likely N-dealkylation sites (tertiary alicyclic amines) is 1. The Hall–Kier alpha value is -4.39. The maximum Gasteiger partial charge on any atom is 0.408 e. The first-order valence-corrected chi connectivity index (χ1v) is 22.0. The van der Waals surface area contributed by atoms with Crippen LogP contribution in [0.25, 0.3) is 10.9 Å². The Balaban J connectivity index is 1.06. The maximum absolute atomic E-state index is 14.7. The Morgan fingerprint density at radius 3 is 2.53 bits per heavy atom. The van der Waals surface area contributed by atoms with Gasteiger partial charge in [0.2, 0.25) is 11.8 Å². The van der Waals surface area contributed by atoms with Gasteiger partial charge in [-0.15, -0.1) is 0 Å². The van der Waals surface area contributed by atoms with Crippen LogP contribution in [0.1, 0.15) is 66.2 Å². The number of carboxylic acid groups (broad SMARTS) is 1. The summed E-state index contributed by atoms with van der Waals surface area (Å²) in [6.45, 7) is 11.5. The van der Waals surface area contributed by atoms with Crippen molar-refractivity contribution in [3.8, 4) is 11.5 Å². The fourth-order valence-electron chi connectivity index (χ4n) is 8.92. The number of pyridine rings is 1. The van der Waals surface area contributed by atoms with E-state index in [2.05, 4.69) is 30.7 Å². The molecule has 5 fully saturated rings. The van der Waals surface area contributed by atoms with E-state index in [1.165, 1.54) is 29.4 Å². The van der Waals surface area contributed by atoms with Crippen LogP contribution in [0.5, 0.6) is 11.5 Å². The fraction of sp³-hybridized carbons (Fsp3) is 0.634. The number of nitrogens with one attached hydrogen (secondary N) is 3. The normalized spacial score (nSPS) is 27.9. The van der Waals surface area contributed by atoms with Gasteiger partial charge in [-0.1, -0.05) is 45.7 Å². The first-order valence-electron chi connectivity index (χ1n) is 20.8. The molecule has 5 aliphatic rings. The number of morpholine rings is 1. The molecule has 0 bridgehead atoms. The van der Waals surface area contributed by atoms with Crippen LogP contribution in [0.4, 0.5) is 4.79 Å². The summed E-state index contributed by atoms with van der Waals surface area (Å²) in [7, 11) is 0. The molecule has 3 amide bonds. The van der Waals surface area contributed by atoms with Crippen molar-refractivity contribution in [2.75, 3.05) is 46.0 Å². The van der Waals surface area contributed by atoms with Crippen molar-refractivity contribution in [1.82, 2.24) is 40.6 Å². The Labute approximate surface area is 357 Å². The van der Waals surface area contributed by atoms with Gasteiger partial charge in [-0.25, -0.2) is 19.6 Å². The number of hydrogen-bond acceptors (Lipinski definition) is 13. The molecule has 1 unspecified atom stereocenters. The molecule has 17 nitrogen and oxygen atoms in total. The van der Waals surface area contributed by atoms with Gasteiger partial charge in [-0.2, -0.15) is 5.10 Å². The zero-order valence-electron chi connectivity index (χ0n) is 34.3. The van der Waals surface area contributed by atoms with Gasteiger partial charge in [-0.05, 0) is 72.7 Å². The van der Waals surface area contributed by atoms with E-state index in [1.807, 2.05) is 33.8 Å². The van der Waals surface area contributed by atoms with E-state index in [4.69, 9.17) is 35.5 Å². The van der Waals surface area contributed by atoms with Crippen molar-refractivity contribution in [2.45, 2.75) is 106 Å². The summed E-state index contributed by atoms with van der Waals surface area (Å²) in [6, 6.07) is 3.14. The molecule has 2 saturated heterocycles. The minimum Gasteiger partial charge on any atom is -0.491 e. The van der Waals surface area contributed by atoms with Gasteiger partial charge in [0.1, 0.15) is 64.3 Å². The summed E-state index contributed by atoms with van der Waals surface area (Å²) in [5, 5.41) is 24.4. The predicted octanol–water partition coefficient (Wildman–Crippen LogP) is 4.53. The summed E-state index contributed by atoms with van der Waals surface area (Å²) < 4.78 is 24.1. The summed E-state index contributed by atoms with van der Waals surface area (Å²) in [4.78, 5) is 67.5. The molecule has 8 atom stereocenters. The zero-order chi connectivity index (χ0) is 42.3. The Kier molecular flexibility index (Phi) is 12.1. The van der Waals surface area contributed by atoms with E-state index in [1.54, 1.807) is 12.1 Å². The number of nitrogens with zero attached hydrogens (tertiary/aromatic N) is 5. The number of aromatic amines is 1. The molecule has 4 heterocycles. The Morgan fingerprint density at radius 1 is 1.10 bits per heavy atom. The van der Waals surface area contributed by atoms with Crippen LogP contribution >= 0.6 is 23.4 Å². The summed E-state index contributed by atoms with van der Waals surface area (Å²) in [5.74, 6) is -0.417. The molecule has 2 aliphatic heterocycles. The third kappa shape index (κ3) is 9.11. The van der Waals surface area contributed by atoms with E-state index in [9.17, 15) is 24.3 Å². The number of aliphatic carboxylic acids is 1. The number of carboxylic acids is 1. The second kappa shape index (κ2) is 17.2. The van der Waals surface area contributed by atoms with Gasteiger partial charge in [0.05, 0.1) is 25.3 Å². The lowest BCUT2D eigenvalue weighted by Crippen LogP contribution is -2.59. The van der Waals surface area contributed by atoms with Crippen molar-refractivity contribution in [3.05, 3.63) is 29.5 Å². The SMILES string of the molecule is CC[C@@H]1C[C@]1(NC(=O)[C@@H]1C[C@@H](Oc2cc(Sc3ncn[nH]3)nc3c(Cl)c(OCCN4CCOCC4)ccc23)CN1C(=O)[C@@H](NC(=O)OC1C[C@@H]2C[C@@H]2C1)C(C)(C)C)C(=O)O. The molecule has 0 spiro atoms. The van der Waals surface area contributed by atoms with Gasteiger partial charge in [0, 0.05) is 37.5 Å². The Bertz CT molecular complexity index is 2090. The van der Waals surface area contributed by atoms with Crippen molar-refractivity contribution in [1.29, 1.82) is 0 Å². The molecule has 1 aromatic carbocycles. The lowest BCUT2D eigenvalue weighted by Gasteiger charge is -2.35. The number of halogens is 1. The second-order valence-corrected chi connectivity index (χ2v) is 19.1. The molecule has 8 rings (SSSR count). The number of hydrogen-bond donors (Lipinski definition) is 4. The topological polar surface area (TPSA) is 210 Å². The number of rotatable bonds is 15. The fourth-order valence-corrected chi connectivity index (χ4v) is 9.88. The maximum atomic E-state index is 14.7. The quantitative estimate of drug-likeness (QED) is 0.166. The monoisotopic (exact) mass is 868 g/mol. The van der Waals surface area contributed by atoms with Gasteiger partial charge in [0.15, 0.2) is 5.16 Å². The molecule has 3 saturated carbocycles. The Morgan fingerprint density at radius 2 is 1.87 bits per heavy atom. The third-order valence-electron chi connectivity index (χ3n) is 12.5. The minimum absolute atomic E-state index is 0.0334. The van der Waals surface area contributed by atoms with E-state index in [0.717, 1.165) is 25.9 Å². The summed E-state index contributed by atoms with van der Waals surface area (Å²) in [6.07, 6.45) is 3.49. The van der Waals surface area contributed by atoms with Crippen LogP contribution in [0.15, 0.2) is 34.7 Å². The first-order chi connectivity index (χ1) is 28.7. The van der Waals surface area contributed by atoms with Gasteiger partial charge in [0.25, 0.3) is 0 Å². The number of carbonyl (C=O) groups is 4. The number of carbonyl (C=O) groups excluding carboxylic acids is 3. The van der Waals surface area contributed by atoms with Crippen LogP contribution in [0, 0.1) is 23.2 Å². The molecule has 3 aliphatic carbocycles. The summed E-state index contributed by atoms with van der Waals surface area (Å²) in [5.41, 5.74) is -1.79. The number of ether oxygens (including phenoxy) is 4. The average Bonchev–Trinajstić information content (AvgIpc) is 3.85. The molecule has 19 heteroatoms. The highest BCUT2D eigenvalue weighted by atomic mass is 35.5. The molecular formula is C41H53ClN8O9S. The molecule has 2 aromatic heterocycles. The van der Waals surface area contributed by atoms with Crippen LogP contribution in [-0.2, 0) is 23.9 Å². The largest absolute Gasteiger partial charge is 0.491 e. The predicted molar refractivity (Wildman–Crippen MR) is 219 cm³/mol. The third-order valence-corrected chi connectivity index (χ3v) is 13.7. The highest BCUT2D eigenvalue weighted by Gasteiger charge is 2.61. The lowest BCUT2D eigenvalue weighted by molar-refractivity contribution is -0.146. The van der Waals surface area contributed by atoms with Crippen LogP contribution in [0.3, 0.4) is 0 Å². The van der Waals surface area contributed by atoms with E-state index >= 15 is 0 Å². The van der Waals surface area contributed by atoms with Gasteiger partial charge < -0.3 is 39.6 Å². The van der Waals surface area contributed by atoms with E-state index < -0.39 is 53.0 Å². The molecular weight excluding hydrogens is 816 g/mol. The highest BCUT2D eigenvalue weighted by Crippen LogP contribution is 2.52. The van der Waals surface area contributed by atoms with E-state index in [0.29, 0.717) is 83.6 Å². The highest BCUT2D eigenvalue weighted by molar-refractivity contribution is 7.99. The van der Waals surface area contributed by atoms with Crippen LogP contribution in [0.2, 0.25) is 5.02 Å². The second-order valence-electron chi connectivity index (χ2n) is 17.7. The smallest absolute Gasteiger partial charge is 0.408 e. The number of benzene rings is 1. The first kappa shape index (κ1) is 42.3. The number of H-pyrrole nitrogens is 1. The lowest BCUT2D eigenvalue weighted by atomic mass is 9.85. The average molecular weight is 869 g/mol. The number of amides is 3. The minimum atomic E-state index is -1.42. The molecule has 4 N–H and O–H groups in total. The van der Waals surface area contributed by atoms with Crippen molar-refractivity contribution in [2.24, 2.45) is 23.2 Å². The molecule has 3 aromatic rings. The van der Waals surface area contributed by atoms with Gasteiger partial charge >= 0.3 is 12.1 Å². The van der Waals surface area contributed by atoms with Crippen molar-refractivity contribution >= 4 is 58.1 Å². The number of alkyl carbamates (subject to hydrolysis) is 1. The summed E-state index contributed by atoms with van der Waals surface area (Å²) >= 11 is 8.23. The molecule has 60 heavy (non-hydrogen) atoms.